The lowest BCUT2D eigenvalue weighted by Crippen LogP contribution is -2.35. The van der Waals surface area contributed by atoms with Crippen molar-refractivity contribution in [1.82, 2.24) is 14.9 Å². The molecule has 0 saturated carbocycles. The standard InChI is InChI=1S/C19H18N4O4/c1-2-23-18(26)14-9-8-12(10-15(14)22-19(23)27)17(25)20-11-16(24)21-13-6-4-3-5-7-13/h3-10H,2,11H2,1H3,(H,20,25)(H,21,24)(H,22,27). The van der Waals surface area contributed by atoms with Gasteiger partial charge in [0.15, 0.2) is 0 Å². The highest BCUT2D eigenvalue weighted by Crippen LogP contribution is 2.09. The lowest BCUT2D eigenvalue weighted by atomic mass is 10.1. The predicted molar refractivity (Wildman–Crippen MR) is 102 cm³/mol. The Morgan fingerprint density at radius 2 is 1.81 bits per heavy atom. The molecule has 0 saturated heterocycles. The number of H-pyrrole nitrogens is 1. The van der Waals surface area contributed by atoms with E-state index >= 15 is 0 Å². The number of rotatable bonds is 5. The number of amides is 2. The van der Waals surface area contributed by atoms with Crippen LogP contribution in [0.3, 0.4) is 0 Å². The first-order chi connectivity index (χ1) is 13.0. The van der Waals surface area contributed by atoms with E-state index in [1.165, 1.54) is 18.2 Å². The van der Waals surface area contributed by atoms with Crippen molar-refractivity contribution in [2.24, 2.45) is 0 Å². The lowest BCUT2D eigenvalue weighted by molar-refractivity contribution is -0.115. The summed E-state index contributed by atoms with van der Waals surface area (Å²) < 4.78 is 1.08. The highest BCUT2D eigenvalue weighted by molar-refractivity contribution is 6.01. The highest BCUT2D eigenvalue weighted by Gasteiger charge is 2.12. The molecule has 3 N–H and O–H groups in total. The molecule has 0 aliphatic carbocycles. The van der Waals surface area contributed by atoms with Crippen LogP contribution in [0.15, 0.2) is 58.1 Å². The molecule has 27 heavy (non-hydrogen) atoms. The number of benzene rings is 2. The van der Waals surface area contributed by atoms with Crippen LogP contribution in [0.5, 0.6) is 0 Å². The van der Waals surface area contributed by atoms with Gasteiger partial charge in [-0.15, -0.1) is 0 Å². The molecule has 8 nitrogen and oxygen atoms in total. The van der Waals surface area contributed by atoms with Gasteiger partial charge in [0.2, 0.25) is 5.91 Å². The summed E-state index contributed by atoms with van der Waals surface area (Å²) in [5.41, 5.74) is 0.197. The average molecular weight is 366 g/mol. The van der Waals surface area contributed by atoms with Crippen molar-refractivity contribution in [2.75, 3.05) is 11.9 Å². The lowest BCUT2D eigenvalue weighted by Gasteiger charge is -2.08. The maximum atomic E-state index is 12.3. The van der Waals surface area contributed by atoms with Gasteiger partial charge in [-0.3, -0.25) is 19.0 Å². The molecule has 0 spiro atoms. The molecule has 8 heteroatoms. The zero-order chi connectivity index (χ0) is 19.4. The Kier molecular flexibility index (Phi) is 5.16. The Morgan fingerprint density at radius 3 is 2.52 bits per heavy atom. The minimum atomic E-state index is -0.533. The van der Waals surface area contributed by atoms with Crippen LogP contribution in [0.1, 0.15) is 17.3 Å². The maximum absolute atomic E-state index is 12.3. The molecule has 0 radical (unpaired) electrons. The Hall–Kier alpha value is -3.68. The molecule has 0 aliphatic heterocycles. The molecule has 3 aromatic rings. The van der Waals surface area contributed by atoms with Gasteiger partial charge in [0.25, 0.3) is 11.5 Å². The minimum Gasteiger partial charge on any atom is -0.343 e. The number of para-hydroxylation sites is 1. The third-order valence-electron chi connectivity index (χ3n) is 4.03. The number of nitrogens with zero attached hydrogens (tertiary/aromatic N) is 1. The van der Waals surface area contributed by atoms with E-state index in [0.717, 1.165) is 4.57 Å². The number of anilines is 1. The van der Waals surface area contributed by atoms with E-state index in [4.69, 9.17) is 0 Å². The van der Waals surface area contributed by atoms with Crippen molar-refractivity contribution >= 4 is 28.4 Å². The van der Waals surface area contributed by atoms with Crippen molar-refractivity contribution in [3.63, 3.8) is 0 Å². The summed E-state index contributed by atoms with van der Waals surface area (Å²) in [6, 6.07) is 13.3. The quantitative estimate of drug-likeness (QED) is 0.627. The molecule has 2 amide bonds. The molecule has 1 heterocycles. The number of carbonyl (C=O) groups excluding carboxylic acids is 2. The molecule has 2 aromatic carbocycles. The smallest absolute Gasteiger partial charge is 0.328 e. The summed E-state index contributed by atoms with van der Waals surface area (Å²) in [5.74, 6) is -0.852. The van der Waals surface area contributed by atoms with E-state index in [9.17, 15) is 19.2 Å². The Bertz CT molecular complexity index is 1120. The maximum Gasteiger partial charge on any atom is 0.328 e. The van der Waals surface area contributed by atoms with Gasteiger partial charge < -0.3 is 15.6 Å². The van der Waals surface area contributed by atoms with Crippen LogP contribution in [-0.4, -0.2) is 27.9 Å². The van der Waals surface area contributed by atoms with Crippen molar-refractivity contribution < 1.29 is 9.59 Å². The van der Waals surface area contributed by atoms with Gasteiger partial charge in [0.1, 0.15) is 0 Å². The van der Waals surface area contributed by atoms with Crippen molar-refractivity contribution in [3.05, 3.63) is 74.9 Å². The highest BCUT2D eigenvalue weighted by atomic mass is 16.2. The SMILES string of the molecule is CCn1c(=O)[nH]c2cc(C(=O)NCC(=O)Nc3ccccc3)ccc2c1=O. The Morgan fingerprint density at radius 1 is 1.07 bits per heavy atom. The summed E-state index contributed by atoms with van der Waals surface area (Å²) in [7, 11) is 0. The van der Waals surface area contributed by atoms with Crippen LogP contribution in [0, 0.1) is 0 Å². The zero-order valence-electron chi connectivity index (χ0n) is 14.6. The van der Waals surface area contributed by atoms with Gasteiger partial charge in [-0.1, -0.05) is 18.2 Å². The molecule has 0 unspecified atom stereocenters. The third-order valence-corrected chi connectivity index (χ3v) is 4.03. The van der Waals surface area contributed by atoms with Crippen LogP contribution in [-0.2, 0) is 11.3 Å². The molecule has 1 aromatic heterocycles. The Balaban J connectivity index is 1.73. The molecular weight excluding hydrogens is 348 g/mol. The zero-order valence-corrected chi connectivity index (χ0v) is 14.6. The third kappa shape index (κ3) is 3.95. The van der Waals surface area contributed by atoms with Crippen molar-refractivity contribution in [2.45, 2.75) is 13.5 Å². The molecule has 3 rings (SSSR count). The molecule has 0 aliphatic rings. The van der Waals surface area contributed by atoms with Crippen LogP contribution in [0.2, 0.25) is 0 Å². The summed E-state index contributed by atoms with van der Waals surface area (Å²) in [5, 5.41) is 5.48. The van der Waals surface area contributed by atoms with Gasteiger partial charge in [0, 0.05) is 17.8 Å². The van der Waals surface area contributed by atoms with E-state index < -0.39 is 17.2 Å². The van der Waals surface area contributed by atoms with Crippen LogP contribution < -0.4 is 21.9 Å². The van der Waals surface area contributed by atoms with Gasteiger partial charge in [-0.05, 0) is 37.3 Å². The number of aromatic amines is 1. The number of hydrogen-bond acceptors (Lipinski definition) is 4. The number of fused-ring (bicyclic) bond motifs is 1. The number of carbonyl (C=O) groups is 2. The fourth-order valence-corrected chi connectivity index (χ4v) is 2.67. The predicted octanol–water partition coefficient (Wildman–Crippen LogP) is 1.08. The van der Waals surface area contributed by atoms with Gasteiger partial charge in [-0.25, -0.2) is 4.79 Å². The van der Waals surface area contributed by atoms with Crippen LogP contribution >= 0.6 is 0 Å². The fraction of sp³-hybridized carbons (Fsp3) is 0.158. The van der Waals surface area contributed by atoms with Gasteiger partial charge in [-0.2, -0.15) is 0 Å². The van der Waals surface area contributed by atoms with E-state index in [1.54, 1.807) is 31.2 Å². The summed E-state index contributed by atoms with van der Waals surface area (Å²) in [6.07, 6.45) is 0. The number of nitrogens with one attached hydrogen (secondary N) is 3. The number of aromatic nitrogens is 2. The summed E-state index contributed by atoms with van der Waals surface area (Å²) in [6.45, 7) is 1.74. The normalized spacial score (nSPS) is 10.6. The monoisotopic (exact) mass is 366 g/mol. The van der Waals surface area contributed by atoms with Gasteiger partial charge >= 0.3 is 5.69 Å². The largest absolute Gasteiger partial charge is 0.343 e. The van der Waals surface area contributed by atoms with Crippen molar-refractivity contribution in [1.29, 1.82) is 0 Å². The van der Waals surface area contributed by atoms with Crippen molar-refractivity contribution in [3.8, 4) is 0 Å². The molecule has 138 valence electrons. The van der Waals surface area contributed by atoms with E-state index in [1.807, 2.05) is 6.07 Å². The van der Waals surface area contributed by atoms with Gasteiger partial charge in [0.05, 0.1) is 17.4 Å². The second-order valence-corrected chi connectivity index (χ2v) is 5.84. The first kappa shape index (κ1) is 18.1. The van der Waals surface area contributed by atoms with Crippen LogP contribution in [0.25, 0.3) is 10.9 Å². The van der Waals surface area contributed by atoms with E-state index in [2.05, 4.69) is 15.6 Å². The molecular formula is C19H18N4O4. The summed E-state index contributed by atoms with van der Waals surface area (Å²) in [4.78, 5) is 50.9. The van der Waals surface area contributed by atoms with Crippen LogP contribution in [0.4, 0.5) is 5.69 Å². The summed E-state index contributed by atoms with van der Waals surface area (Å²) >= 11 is 0. The topological polar surface area (TPSA) is 113 Å². The second kappa shape index (κ2) is 7.69. The first-order valence-electron chi connectivity index (χ1n) is 8.39. The molecule has 0 fully saturated rings. The minimum absolute atomic E-state index is 0.209. The second-order valence-electron chi connectivity index (χ2n) is 5.84. The Labute approximate surface area is 153 Å². The first-order valence-corrected chi connectivity index (χ1v) is 8.39. The number of hydrogen-bond donors (Lipinski definition) is 3. The fourth-order valence-electron chi connectivity index (χ4n) is 2.67. The molecule has 0 bridgehead atoms. The van der Waals surface area contributed by atoms with E-state index in [-0.39, 0.29) is 30.1 Å². The average Bonchev–Trinajstić information content (AvgIpc) is 2.66. The molecule has 0 atom stereocenters. The van der Waals surface area contributed by atoms with E-state index in [0.29, 0.717) is 11.1 Å².